The number of morpholine rings is 1. The zero-order valence-electron chi connectivity index (χ0n) is 13.9. The summed E-state index contributed by atoms with van der Waals surface area (Å²) in [5, 5.41) is 0. The van der Waals surface area contributed by atoms with Crippen LogP contribution in [0.2, 0.25) is 0 Å². The Kier molecular flexibility index (Phi) is 4.68. The zero-order valence-corrected chi connectivity index (χ0v) is 15.5. The van der Waals surface area contributed by atoms with Crippen LogP contribution in [0.3, 0.4) is 0 Å². The second-order valence-electron chi connectivity index (χ2n) is 6.35. The number of rotatable bonds is 2. The number of ether oxygens (including phenoxy) is 1. The van der Waals surface area contributed by atoms with Crippen LogP contribution in [0.4, 0.5) is 5.82 Å². The van der Waals surface area contributed by atoms with Crippen molar-refractivity contribution in [1.29, 1.82) is 0 Å². The van der Waals surface area contributed by atoms with E-state index < -0.39 is 0 Å². The summed E-state index contributed by atoms with van der Waals surface area (Å²) >= 11 is 3.46. The number of hydrogen-bond donors (Lipinski definition) is 0. The van der Waals surface area contributed by atoms with Gasteiger partial charge in [0.25, 0.3) is 0 Å². The average molecular weight is 399 g/mol. The molecule has 1 aliphatic carbocycles. The summed E-state index contributed by atoms with van der Waals surface area (Å²) in [4.78, 5) is 19.5. The highest BCUT2D eigenvalue weighted by Gasteiger charge is 2.22. The SMILES string of the molecule is O=C1/C(=C/c2ccc(N3CCOCC3)nc2)CCc2ccc(Br)cc21. The van der Waals surface area contributed by atoms with E-state index in [4.69, 9.17) is 4.74 Å². The smallest absolute Gasteiger partial charge is 0.189 e. The topological polar surface area (TPSA) is 42.4 Å². The molecule has 2 heterocycles. The Hall–Kier alpha value is -1.98. The molecule has 1 aromatic carbocycles. The lowest BCUT2D eigenvalue weighted by Gasteiger charge is -2.27. The van der Waals surface area contributed by atoms with E-state index in [1.165, 1.54) is 0 Å². The molecule has 0 spiro atoms. The Balaban J connectivity index is 1.55. The van der Waals surface area contributed by atoms with Crippen molar-refractivity contribution in [3.63, 3.8) is 0 Å². The van der Waals surface area contributed by atoms with Crippen LogP contribution in [0.5, 0.6) is 0 Å². The standard InChI is InChI=1S/C20H19BrN2O2/c21-17-5-4-15-2-3-16(20(24)18(15)12-17)11-14-1-6-19(22-13-14)23-7-9-25-10-8-23/h1,4-6,11-13H,2-3,7-10H2/b16-11+. The molecule has 0 radical (unpaired) electrons. The molecule has 4 nitrogen and oxygen atoms in total. The normalized spacial score (nSPS) is 19.2. The van der Waals surface area contributed by atoms with E-state index in [1.807, 2.05) is 42.6 Å². The fraction of sp³-hybridized carbons (Fsp3) is 0.300. The van der Waals surface area contributed by atoms with E-state index in [9.17, 15) is 4.79 Å². The molecule has 128 valence electrons. The van der Waals surface area contributed by atoms with Crippen LogP contribution < -0.4 is 4.90 Å². The number of hydrogen-bond acceptors (Lipinski definition) is 4. The maximum Gasteiger partial charge on any atom is 0.189 e. The molecule has 0 N–H and O–H groups in total. The van der Waals surface area contributed by atoms with Gasteiger partial charge in [0, 0.05) is 34.9 Å². The lowest BCUT2D eigenvalue weighted by atomic mass is 9.86. The van der Waals surface area contributed by atoms with Gasteiger partial charge in [-0.15, -0.1) is 0 Å². The van der Waals surface area contributed by atoms with Crippen molar-refractivity contribution >= 4 is 33.6 Å². The van der Waals surface area contributed by atoms with Crippen molar-refractivity contribution in [3.8, 4) is 0 Å². The number of fused-ring (bicyclic) bond motifs is 1. The highest BCUT2D eigenvalue weighted by Crippen LogP contribution is 2.29. The van der Waals surface area contributed by atoms with Crippen LogP contribution in [0, 0.1) is 0 Å². The summed E-state index contributed by atoms with van der Waals surface area (Å²) < 4.78 is 6.32. The summed E-state index contributed by atoms with van der Waals surface area (Å²) in [6.45, 7) is 3.24. The lowest BCUT2D eigenvalue weighted by molar-refractivity contribution is 0.102. The van der Waals surface area contributed by atoms with E-state index in [0.717, 1.165) is 71.7 Å². The number of pyridine rings is 1. The molecule has 0 unspecified atom stereocenters. The number of aromatic nitrogens is 1. The third kappa shape index (κ3) is 3.53. The number of benzene rings is 1. The van der Waals surface area contributed by atoms with Crippen molar-refractivity contribution in [3.05, 3.63) is 63.3 Å². The average Bonchev–Trinajstić information content (AvgIpc) is 2.66. The molecule has 0 saturated carbocycles. The van der Waals surface area contributed by atoms with Gasteiger partial charge in [-0.1, -0.05) is 22.0 Å². The van der Waals surface area contributed by atoms with E-state index >= 15 is 0 Å². The molecule has 0 atom stereocenters. The van der Waals surface area contributed by atoms with Gasteiger partial charge in [-0.25, -0.2) is 4.98 Å². The summed E-state index contributed by atoms with van der Waals surface area (Å²) in [5.41, 5.74) is 3.77. The fourth-order valence-corrected chi connectivity index (χ4v) is 3.70. The van der Waals surface area contributed by atoms with E-state index in [0.29, 0.717) is 0 Å². The lowest BCUT2D eigenvalue weighted by Crippen LogP contribution is -2.36. The molecule has 4 rings (SSSR count). The first-order valence-corrected chi connectivity index (χ1v) is 9.32. The first kappa shape index (κ1) is 16.5. The van der Waals surface area contributed by atoms with Gasteiger partial charge >= 0.3 is 0 Å². The first-order chi connectivity index (χ1) is 12.2. The predicted molar refractivity (Wildman–Crippen MR) is 102 cm³/mol. The fourth-order valence-electron chi connectivity index (χ4n) is 3.34. The number of nitrogens with zero attached hydrogens (tertiary/aromatic N) is 2. The zero-order chi connectivity index (χ0) is 17.2. The van der Waals surface area contributed by atoms with Gasteiger partial charge < -0.3 is 9.64 Å². The number of Topliss-reactive ketones (excluding diaryl/α,β-unsaturated/α-hetero) is 1. The van der Waals surface area contributed by atoms with Crippen molar-refractivity contribution < 1.29 is 9.53 Å². The van der Waals surface area contributed by atoms with E-state index in [1.54, 1.807) is 0 Å². The molecule has 0 amide bonds. The van der Waals surface area contributed by atoms with E-state index in [-0.39, 0.29) is 5.78 Å². The van der Waals surface area contributed by atoms with E-state index in [2.05, 4.69) is 25.8 Å². The van der Waals surface area contributed by atoms with Crippen molar-refractivity contribution in [2.75, 3.05) is 31.2 Å². The van der Waals surface area contributed by atoms with Crippen LogP contribution in [0.25, 0.3) is 6.08 Å². The van der Waals surface area contributed by atoms with Gasteiger partial charge in [0.2, 0.25) is 0 Å². The van der Waals surface area contributed by atoms with Gasteiger partial charge in [0.1, 0.15) is 5.82 Å². The molecule has 1 fully saturated rings. The molecule has 1 aliphatic heterocycles. The van der Waals surface area contributed by atoms with Crippen LogP contribution in [0.15, 0.2) is 46.6 Å². The third-order valence-electron chi connectivity index (χ3n) is 4.72. The molecule has 1 saturated heterocycles. The number of anilines is 1. The molecule has 0 bridgehead atoms. The third-order valence-corrected chi connectivity index (χ3v) is 5.21. The minimum absolute atomic E-state index is 0.125. The Morgan fingerprint density at radius 2 is 1.96 bits per heavy atom. The Morgan fingerprint density at radius 3 is 2.72 bits per heavy atom. The van der Waals surface area contributed by atoms with Crippen LogP contribution in [-0.2, 0) is 11.2 Å². The highest BCUT2D eigenvalue weighted by atomic mass is 79.9. The molecule has 1 aromatic heterocycles. The second-order valence-corrected chi connectivity index (χ2v) is 7.26. The number of halogens is 1. The molecule has 2 aliphatic rings. The number of carbonyl (C=O) groups excluding carboxylic acids is 1. The first-order valence-electron chi connectivity index (χ1n) is 8.53. The summed E-state index contributed by atoms with van der Waals surface area (Å²) in [6, 6.07) is 10.0. The Bertz CT molecular complexity index is 824. The summed E-state index contributed by atoms with van der Waals surface area (Å²) in [6.07, 6.45) is 5.50. The van der Waals surface area contributed by atoms with Gasteiger partial charge in [0.15, 0.2) is 5.78 Å². The van der Waals surface area contributed by atoms with Gasteiger partial charge in [-0.3, -0.25) is 4.79 Å². The predicted octanol–water partition coefficient (Wildman–Crippen LogP) is 3.89. The highest BCUT2D eigenvalue weighted by molar-refractivity contribution is 9.10. The molecular weight excluding hydrogens is 380 g/mol. The number of ketones is 1. The van der Waals surface area contributed by atoms with Gasteiger partial charge in [-0.05, 0) is 54.3 Å². The van der Waals surface area contributed by atoms with Crippen LogP contribution in [-0.4, -0.2) is 37.1 Å². The van der Waals surface area contributed by atoms with Crippen molar-refractivity contribution in [2.24, 2.45) is 0 Å². The minimum atomic E-state index is 0.125. The number of aryl methyl sites for hydroxylation is 1. The number of allylic oxidation sites excluding steroid dienone is 1. The number of carbonyl (C=O) groups is 1. The van der Waals surface area contributed by atoms with Crippen molar-refractivity contribution in [2.45, 2.75) is 12.8 Å². The van der Waals surface area contributed by atoms with Crippen LogP contribution in [0.1, 0.15) is 27.9 Å². The largest absolute Gasteiger partial charge is 0.378 e. The monoisotopic (exact) mass is 398 g/mol. The quantitative estimate of drug-likeness (QED) is 0.719. The van der Waals surface area contributed by atoms with Crippen LogP contribution >= 0.6 is 15.9 Å². The molecular formula is C20H19BrN2O2. The summed E-state index contributed by atoms with van der Waals surface area (Å²) in [7, 11) is 0. The molecule has 25 heavy (non-hydrogen) atoms. The van der Waals surface area contributed by atoms with Gasteiger partial charge in [0.05, 0.1) is 13.2 Å². The second kappa shape index (κ2) is 7.10. The minimum Gasteiger partial charge on any atom is -0.378 e. The maximum atomic E-state index is 12.8. The molecule has 2 aromatic rings. The van der Waals surface area contributed by atoms with Gasteiger partial charge in [-0.2, -0.15) is 0 Å². The maximum absolute atomic E-state index is 12.8. The summed E-state index contributed by atoms with van der Waals surface area (Å²) in [5.74, 6) is 1.09. The molecule has 5 heteroatoms. The van der Waals surface area contributed by atoms with Crippen molar-refractivity contribution in [1.82, 2.24) is 4.98 Å². The Labute approximate surface area is 155 Å². The Morgan fingerprint density at radius 1 is 1.12 bits per heavy atom.